The van der Waals surface area contributed by atoms with Gasteiger partial charge < -0.3 is 15.2 Å². The molecule has 0 spiro atoms. The van der Waals surface area contributed by atoms with Crippen LogP contribution in [-0.4, -0.2) is 17.2 Å². The fraction of sp³-hybridized carbons (Fsp3) is 0.583. The molecule has 2 rings (SSSR count). The van der Waals surface area contributed by atoms with Crippen molar-refractivity contribution in [3.63, 3.8) is 0 Å². The molecule has 2 N–H and O–H groups in total. The Kier molecular flexibility index (Phi) is 3.29. The van der Waals surface area contributed by atoms with Crippen molar-refractivity contribution in [2.75, 3.05) is 0 Å². The Morgan fingerprint density at radius 3 is 2.75 bits per heavy atom. The van der Waals surface area contributed by atoms with Gasteiger partial charge in [-0.2, -0.15) is 0 Å². The van der Waals surface area contributed by atoms with E-state index in [9.17, 15) is 0 Å². The van der Waals surface area contributed by atoms with Crippen LogP contribution in [0.25, 0.3) is 0 Å². The summed E-state index contributed by atoms with van der Waals surface area (Å²) in [7, 11) is 0. The van der Waals surface area contributed by atoms with E-state index in [1.54, 1.807) is 6.20 Å². The molecule has 1 saturated carbocycles. The number of pyridine rings is 1. The van der Waals surface area contributed by atoms with Gasteiger partial charge in [0, 0.05) is 12.6 Å². The summed E-state index contributed by atoms with van der Waals surface area (Å²) < 4.78 is 11.4. The largest absolute Gasteiger partial charge is 0.487 e. The van der Waals surface area contributed by atoms with Crippen molar-refractivity contribution in [2.24, 2.45) is 5.73 Å². The summed E-state index contributed by atoms with van der Waals surface area (Å²) in [6.45, 7) is 4.39. The Balaban J connectivity index is 2.18. The lowest BCUT2D eigenvalue weighted by Gasteiger charge is -2.15. The molecule has 0 aliphatic heterocycles. The molecule has 88 valence electrons. The normalized spacial score (nSPS) is 15.2. The molecule has 1 fully saturated rings. The molecule has 0 atom stereocenters. The number of nitrogens with two attached hydrogens (primary N) is 1. The SMILES string of the molecule is CC(C)Oc1cc(CN)ncc1OC1CC1. The van der Waals surface area contributed by atoms with E-state index in [2.05, 4.69) is 4.98 Å². The highest BCUT2D eigenvalue weighted by Gasteiger charge is 2.25. The lowest BCUT2D eigenvalue weighted by Crippen LogP contribution is -2.10. The number of rotatable bonds is 5. The van der Waals surface area contributed by atoms with Gasteiger partial charge in [-0.1, -0.05) is 0 Å². The standard InChI is InChI=1S/C12H18N2O2/c1-8(2)15-11-5-9(6-13)14-7-12(11)16-10-3-4-10/h5,7-8,10H,3-4,6,13H2,1-2H3. The topological polar surface area (TPSA) is 57.4 Å². The number of hydrogen-bond acceptors (Lipinski definition) is 4. The average molecular weight is 222 g/mol. The fourth-order valence-electron chi connectivity index (χ4n) is 1.38. The maximum absolute atomic E-state index is 5.73. The Labute approximate surface area is 95.8 Å². The van der Waals surface area contributed by atoms with Gasteiger partial charge in [0.15, 0.2) is 11.5 Å². The second-order valence-electron chi connectivity index (χ2n) is 4.31. The van der Waals surface area contributed by atoms with Gasteiger partial charge in [-0.05, 0) is 26.7 Å². The van der Waals surface area contributed by atoms with Gasteiger partial charge in [-0.25, -0.2) is 0 Å². The van der Waals surface area contributed by atoms with Crippen molar-refractivity contribution in [3.8, 4) is 11.5 Å². The van der Waals surface area contributed by atoms with E-state index >= 15 is 0 Å². The molecule has 0 unspecified atom stereocenters. The number of nitrogens with zero attached hydrogens (tertiary/aromatic N) is 1. The molecule has 1 aromatic heterocycles. The van der Waals surface area contributed by atoms with Crippen LogP contribution in [-0.2, 0) is 6.54 Å². The molecule has 0 radical (unpaired) electrons. The monoisotopic (exact) mass is 222 g/mol. The van der Waals surface area contributed by atoms with Crippen LogP contribution in [0.3, 0.4) is 0 Å². The zero-order valence-electron chi connectivity index (χ0n) is 9.77. The van der Waals surface area contributed by atoms with Crippen LogP contribution in [0.5, 0.6) is 11.5 Å². The van der Waals surface area contributed by atoms with Gasteiger partial charge >= 0.3 is 0 Å². The number of hydrogen-bond donors (Lipinski definition) is 1. The zero-order valence-corrected chi connectivity index (χ0v) is 9.77. The third-order valence-electron chi connectivity index (χ3n) is 2.28. The molecule has 0 aromatic carbocycles. The predicted molar refractivity (Wildman–Crippen MR) is 61.5 cm³/mol. The summed E-state index contributed by atoms with van der Waals surface area (Å²) >= 11 is 0. The highest BCUT2D eigenvalue weighted by atomic mass is 16.5. The number of ether oxygens (including phenoxy) is 2. The lowest BCUT2D eigenvalue weighted by atomic mass is 10.3. The molecular formula is C12H18N2O2. The quantitative estimate of drug-likeness (QED) is 0.826. The van der Waals surface area contributed by atoms with Crippen molar-refractivity contribution in [1.29, 1.82) is 0 Å². The number of aromatic nitrogens is 1. The molecule has 0 amide bonds. The van der Waals surface area contributed by atoms with Crippen LogP contribution >= 0.6 is 0 Å². The molecule has 0 saturated heterocycles. The van der Waals surface area contributed by atoms with E-state index in [4.69, 9.17) is 15.2 Å². The summed E-state index contributed by atoms with van der Waals surface area (Å²) in [4.78, 5) is 4.22. The highest BCUT2D eigenvalue weighted by molar-refractivity contribution is 5.39. The summed E-state index contributed by atoms with van der Waals surface area (Å²) in [5, 5.41) is 0. The van der Waals surface area contributed by atoms with Crippen LogP contribution in [0.2, 0.25) is 0 Å². The zero-order chi connectivity index (χ0) is 11.5. The van der Waals surface area contributed by atoms with E-state index < -0.39 is 0 Å². The fourth-order valence-corrected chi connectivity index (χ4v) is 1.38. The molecule has 1 aliphatic carbocycles. The van der Waals surface area contributed by atoms with E-state index in [1.807, 2.05) is 19.9 Å². The summed E-state index contributed by atoms with van der Waals surface area (Å²) in [5.41, 5.74) is 6.37. The van der Waals surface area contributed by atoms with Crippen molar-refractivity contribution in [2.45, 2.75) is 45.4 Å². The summed E-state index contributed by atoms with van der Waals surface area (Å²) in [6, 6.07) is 1.86. The first-order valence-corrected chi connectivity index (χ1v) is 5.71. The third-order valence-corrected chi connectivity index (χ3v) is 2.28. The lowest BCUT2D eigenvalue weighted by molar-refractivity contribution is 0.216. The van der Waals surface area contributed by atoms with Crippen molar-refractivity contribution >= 4 is 0 Å². The smallest absolute Gasteiger partial charge is 0.179 e. The average Bonchev–Trinajstić information content (AvgIpc) is 3.03. The van der Waals surface area contributed by atoms with Crippen molar-refractivity contribution in [3.05, 3.63) is 18.0 Å². The maximum atomic E-state index is 5.73. The molecule has 1 aliphatic rings. The maximum Gasteiger partial charge on any atom is 0.179 e. The van der Waals surface area contributed by atoms with Gasteiger partial charge in [0.05, 0.1) is 24.1 Å². The first-order valence-electron chi connectivity index (χ1n) is 5.71. The van der Waals surface area contributed by atoms with Crippen LogP contribution in [0, 0.1) is 0 Å². The van der Waals surface area contributed by atoms with Gasteiger partial charge in [0.1, 0.15) is 0 Å². The van der Waals surface area contributed by atoms with E-state index in [0.29, 0.717) is 12.6 Å². The van der Waals surface area contributed by atoms with Gasteiger partial charge in [0.2, 0.25) is 0 Å². The second-order valence-corrected chi connectivity index (χ2v) is 4.31. The molecule has 4 nitrogen and oxygen atoms in total. The Bertz CT molecular complexity index is 362. The van der Waals surface area contributed by atoms with Crippen LogP contribution in [0.1, 0.15) is 32.4 Å². The minimum Gasteiger partial charge on any atom is -0.487 e. The molecule has 4 heteroatoms. The van der Waals surface area contributed by atoms with Gasteiger partial charge in [-0.3, -0.25) is 4.98 Å². The van der Waals surface area contributed by atoms with Crippen LogP contribution in [0.4, 0.5) is 0 Å². The molecular weight excluding hydrogens is 204 g/mol. The summed E-state index contributed by atoms with van der Waals surface area (Å²) in [6.07, 6.45) is 4.42. The first-order chi connectivity index (χ1) is 7.69. The first kappa shape index (κ1) is 11.2. The third kappa shape index (κ3) is 2.85. The summed E-state index contributed by atoms with van der Waals surface area (Å²) in [5.74, 6) is 1.48. The molecule has 16 heavy (non-hydrogen) atoms. The van der Waals surface area contributed by atoms with Crippen molar-refractivity contribution < 1.29 is 9.47 Å². The van der Waals surface area contributed by atoms with Crippen molar-refractivity contribution in [1.82, 2.24) is 4.98 Å². The minimum absolute atomic E-state index is 0.120. The molecule has 0 bridgehead atoms. The highest BCUT2D eigenvalue weighted by Crippen LogP contribution is 2.33. The van der Waals surface area contributed by atoms with Crippen LogP contribution in [0.15, 0.2) is 12.3 Å². The van der Waals surface area contributed by atoms with E-state index in [-0.39, 0.29) is 6.10 Å². The molecule has 1 aromatic rings. The van der Waals surface area contributed by atoms with E-state index in [0.717, 1.165) is 30.0 Å². The van der Waals surface area contributed by atoms with E-state index in [1.165, 1.54) is 0 Å². The molecule has 1 heterocycles. The minimum atomic E-state index is 0.120. The Morgan fingerprint density at radius 2 is 2.19 bits per heavy atom. The Hall–Kier alpha value is -1.29. The predicted octanol–water partition coefficient (Wildman–Crippen LogP) is 1.87. The van der Waals surface area contributed by atoms with Gasteiger partial charge in [-0.15, -0.1) is 0 Å². The van der Waals surface area contributed by atoms with Gasteiger partial charge in [0.25, 0.3) is 0 Å². The second kappa shape index (κ2) is 4.70. The Morgan fingerprint density at radius 1 is 1.44 bits per heavy atom. The van der Waals surface area contributed by atoms with Crippen LogP contribution < -0.4 is 15.2 Å².